The van der Waals surface area contributed by atoms with Crippen LogP contribution in [0.2, 0.25) is 0 Å². The second kappa shape index (κ2) is 5.74. The number of carbonyl (C=O) groups is 1. The van der Waals surface area contributed by atoms with Gasteiger partial charge >= 0.3 is 5.97 Å². The molecule has 0 fully saturated rings. The number of pyridine rings is 1. The van der Waals surface area contributed by atoms with Crippen LogP contribution in [0.1, 0.15) is 19.8 Å². The van der Waals surface area contributed by atoms with Gasteiger partial charge in [0.1, 0.15) is 10.9 Å². The molecule has 7 heteroatoms. The van der Waals surface area contributed by atoms with Crippen LogP contribution in [0.4, 0.5) is 0 Å². The van der Waals surface area contributed by atoms with Crippen LogP contribution in [0.3, 0.4) is 0 Å². The van der Waals surface area contributed by atoms with Crippen LogP contribution in [-0.2, 0) is 14.8 Å². The molecule has 0 aromatic carbocycles. The van der Waals surface area contributed by atoms with Gasteiger partial charge in [0.25, 0.3) is 0 Å². The van der Waals surface area contributed by atoms with Crippen molar-refractivity contribution in [3.63, 3.8) is 0 Å². The molecule has 0 aliphatic heterocycles. The van der Waals surface area contributed by atoms with Crippen LogP contribution in [0.25, 0.3) is 0 Å². The normalized spacial score (nSPS) is 13.2. The summed E-state index contributed by atoms with van der Waals surface area (Å²) in [4.78, 5) is 14.5. The summed E-state index contributed by atoms with van der Waals surface area (Å²) in [5, 5.41) is 8.87. The van der Waals surface area contributed by atoms with Gasteiger partial charge in [0, 0.05) is 12.4 Å². The summed E-state index contributed by atoms with van der Waals surface area (Å²) in [6, 6.07) is 1.73. The standard InChI is InChI=1S/C10H14N2O4S/c1-2-4-9(10(13)14)12-17(15,16)8-5-3-6-11-7-8/h3,5-7,9,12H,2,4H2,1H3,(H,13,14)/t9-/m0/s1. The lowest BCUT2D eigenvalue weighted by Gasteiger charge is -2.13. The molecule has 1 aromatic rings. The first-order chi connectivity index (χ1) is 7.97. The highest BCUT2D eigenvalue weighted by Crippen LogP contribution is 2.08. The minimum absolute atomic E-state index is 0.0395. The van der Waals surface area contributed by atoms with E-state index in [1.807, 2.05) is 0 Å². The molecule has 0 bridgehead atoms. The first-order valence-electron chi connectivity index (χ1n) is 5.12. The van der Waals surface area contributed by atoms with Crippen molar-refractivity contribution < 1.29 is 18.3 Å². The zero-order valence-electron chi connectivity index (χ0n) is 9.33. The summed E-state index contributed by atoms with van der Waals surface area (Å²) in [5.74, 6) is -1.18. The Morgan fingerprint density at radius 1 is 1.59 bits per heavy atom. The van der Waals surface area contributed by atoms with Gasteiger partial charge in [-0.1, -0.05) is 13.3 Å². The van der Waals surface area contributed by atoms with Crippen molar-refractivity contribution in [1.82, 2.24) is 9.71 Å². The van der Waals surface area contributed by atoms with E-state index in [0.29, 0.717) is 6.42 Å². The number of nitrogens with one attached hydrogen (secondary N) is 1. The zero-order valence-corrected chi connectivity index (χ0v) is 10.1. The topological polar surface area (TPSA) is 96.4 Å². The highest BCUT2D eigenvalue weighted by atomic mass is 32.2. The van der Waals surface area contributed by atoms with Gasteiger partial charge in [-0.15, -0.1) is 0 Å². The molecule has 0 radical (unpaired) electrons. The maximum atomic E-state index is 11.8. The lowest BCUT2D eigenvalue weighted by atomic mass is 10.2. The fourth-order valence-electron chi connectivity index (χ4n) is 1.28. The molecule has 0 aliphatic rings. The summed E-state index contributed by atoms with van der Waals surface area (Å²) in [7, 11) is -3.82. The Morgan fingerprint density at radius 2 is 2.29 bits per heavy atom. The largest absolute Gasteiger partial charge is 0.480 e. The molecular formula is C10H14N2O4S. The Kier molecular flexibility index (Phi) is 4.59. The lowest BCUT2D eigenvalue weighted by molar-refractivity contribution is -0.139. The van der Waals surface area contributed by atoms with Gasteiger partial charge in [-0.3, -0.25) is 9.78 Å². The van der Waals surface area contributed by atoms with Crippen molar-refractivity contribution in [1.29, 1.82) is 0 Å². The molecule has 1 atom stereocenters. The number of aromatic nitrogens is 1. The van der Waals surface area contributed by atoms with Gasteiger partial charge < -0.3 is 5.11 Å². The average molecular weight is 258 g/mol. The van der Waals surface area contributed by atoms with Crippen LogP contribution in [0, 0.1) is 0 Å². The molecule has 6 nitrogen and oxygen atoms in total. The third-order valence-corrected chi connectivity index (χ3v) is 3.57. The van der Waals surface area contributed by atoms with Crippen molar-refractivity contribution in [2.24, 2.45) is 0 Å². The molecule has 1 heterocycles. The maximum Gasteiger partial charge on any atom is 0.321 e. The zero-order chi connectivity index (χ0) is 12.9. The number of aliphatic carboxylic acids is 1. The van der Waals surface area contributed by atoms with E-state index in [0.717, 1.165) is 0 Å². The summed E-state index contributed by atoms with van der Waals surface area (Å²) in [6.45, 7) is 1.79. The number of sulfonamides is 1. The summed E-state index contributed by atoms with van der Waals surface area (Å²) in [6.07, 6.45) is 3.44. The van der Waals surface area contributed by atoms with Crippen molar-refractivity contribution in [3.05, 3.63) is 24.5 Å². The van der Waals surface area contributed by atoms with Crippen molar-refractivity contribution in [2.75, 3.05) is 0 Å². The van der Waals surface area contributed by atoms with Crippen LogP contribution >= 0.6 is 0 Å². The third kappa shape index (κ3) is 3.79. The van der Waals surface area contributed by atoms with Crippen molar-refractivity contribution >= 4 is 16.0 Å². The highest BCUT2D eigenvalue weighted by Gasteiger charge is 2.24. The number of hydrogen-bond acceptors (Lipinski definition) is 4. The minimum atomic E-state index is -3.82. The van der Waals surface area contributed by atoms with Gasteiger partial charge in [-0.2, -0.15) is 4.72 Å². The van der Waals surface area contributed by atoms with Gasteiger partial charge in [-0.05, 0) is 18.6 Å². The molecule has 17 heavy (non-hydrogen) atoms. The van der Waals surface area contributed by atoms with Gasteiger partial charge in [-0.25, -0.2) is 8.42 Å². The lowest BCUT2D eigenvalue weighted by Crippen LogP contribution is -2.40. The number of carboxylic acid groups (broad SMARTS) is 1. The van der Waals surface area contributed by atoms with Gasteiger partial charge in [0.05, 0.1) is 0 Å². The van der Waals surface area contributed by atoms with E-state index in [4.69, 9.17) is 5.11 Å². The minimum Gasteiger partial charge on any atom is -0.480 e. The smallest absolute Gasteiger partial charge is 0.321 e. The maximum absolute atomic E-state index is 11.8. The number of hydrogen-bond donors (Lipinski definition) is 2. The van der Waals surface area contributed by atoms with Crippen LogP contribution in [-0.4, -0.2) is 30.5 Å². The molecule has 0 saturated heterocycles. The molecular weight excluding hydrogens is 244 g/mol. The van der Waals surface area contributed by atoms with Crippen LogP contribution < -0.4 is 4.72 Å². The second-order valence-corrected chi connectivity index (χ2v) is 5.20. The van der Waals surface area contributed by atoms with E-state index in [1.165, 1.54) is 24.5 Å². The van der Waals surface area contributed by atoms with Crippen LogP contribution in [0.15, 0.2) is 29.4 Å². The Balaban J connectivity index is 2.89. The van der Waals surface area contributed by atoms with E-state index in [9.17, 15) is 13.2 Å². The van der Waals surface area contributed by atoms with E-state index in [-0.39, 0.29) is 11.3 Å². The monoisotopic (exact) mass is 258 g/mol. The second-order valence-electron chi connectivity index (χ2n) is 3.49. The Hall–Kier alpha value is -1.47. The molecule has 1 rings (SSSR count). The number of rotatable bonds is 6. The SMILES string of the molecule is CCC[C@H](NS(=O)(=O)c1cccnc1)C(=O)O. The fraction of sp³-hybridized carbons (Fsp3) is 0.400. The van der Waals surface area contributed by atoms with E-state index in [1.54, 1.807) is 6.92 Å². The Bertz CT molecular complexity index is 472. The number of carboxylic acids is 1. The van der Waals surface area contributed by atoms with E-state index < -0.39 is 22.0 Å². The first-order valence-corrected chi connectivity index (χ1v) is 6.61. The molecule has 0 unspecified atom stereocenters. The molecule has 0 amide bonds. The molecule has 0 saturated carbocycles. The van der Waals surface area contributed by atoms with Crippen LogP contribution in [0.5, 0.6) is 0 Å². The molecule has 0 spiro atoms. The predicted molar refractivity (Wildman–Crippen MR) is 60.9 cm³/mol. The van der Waals surface area contributed by atoms with Gasteiger partial charge in [0.15, 0.2) is 0 Å². The predicted octanol–water partition coefficient (Wildman–Crippen LogP) is 0.613. The quantitative estimate of drug-likeness (QED) is 0.779. The third-order valence-electron chi connectivity index (χ3n) is 2.12. The van der Waals surface area contributed by atoms with Crippen molar-refractivity contribution in [3.8, 4) is 0 Å². The molecule has 2 N–H and O–H groups in total. The first kappa shape index (κ1) is 13.6. The molecule has 0 aliphatic carbocycles. The highest BCUT2D eigenvalue weighted by molar-refractivity contribution is 7.89. The van der Waals surface area contributed by atoms with Crippen molar-refractivity contribution in [2.45, 2.75) is 30.7 Å². The Morgan fingerprint density at radius 3 is 2.76 bits per heavy atom. The number of nitrogens with zero attached hydrogens (tertiary/aromatic N) is 1. The van der Waals surface area contributed by atoms with E-state index >= 15 is 0 Å². The summed E-state index contributed by atoms with van der Waals surface area (Å²) >= 11 is 0. The average Bonchev–Trinajstić information content (AvgIpc) is 2.29. The van der Waals surface area contributed by atoms with Gasteiger partial charge in [0.2, 0.25) is 10.0 Å². The fourth-order valence-corrected chi connectivity index (χ4v) is 2.47. The van der Waals surface area contributed by atoms with E-state index in [2.05, 4.69) is 9.71 Å². The molecule has 94 valence electrons. The molecule has 1 aromatic heterocycles. The summed E-state index contributed by atoms with van der Waals surface area (Å²) < 4.78 is 25.8. The Labute approximate surface area is 99.7 Å². The summed E-state index contributed by atoms with van der Waals surface area (Å²) in [5.41, 5.74) is 0.